The maximum Gasteiger partial charge on any atom is 0.326 e. The van der Waals surface area contributed by atoms with Crippen LogP contribution >= 0.6 is 0 Å². The molecule has 1 aliphatic carbocycles. The Balaban J connectivity index is 2.74. The molecule has 1 rings (SSSR count). The SMILES string of the molecule is CNC1(C(=O)OC)CCCC(N(C)C(C)COC)C1. The highest BCUT2D eigenvalue weighted by Gasteiger charge is 2.43. The summed E-state index contributed by atoms with van der Waals surface area (Å²) in [7, 11) is 7.13. The Kier molecular flexibility index (Phi) is 6.23. The van der Waals surface area contributed by atoms with E-state index in [1.54, 1.807) is 7.11 Å². The topological polar surface area (TPSA) is 50.8 Å². The molecule has 0 radical (unpaired) electrons. The minimum Gasteiger partial charge on any atom is -0.468 e. The molecular formula is C14H28N2O3. The first-order chi connectivity index (χ1) is 9.00. The normalized spacial score (nSPS) is 29.3. The van der Waals surface area contributed by atoms with E-state index >= 15 is 0 Å². The van der Waals surface area contributed by atoms with Gasteiger partial charge in [0, 0.05) is 19.2 Å². The number of nitrogens with zero attached hydrogens (tertiary/aromatic N) is 1. The molecule has 112 valence electrons. The summed E-state index contributed by atoms with van der Waals surface area (Å²) >= 11 is 0. The predicted molar refractivity (Wildman–Crippen MR) is 75.2 cm³/mol. The second-order valence-electron chi connectivity index (χ2n) is 5.54. The number of carbonyl (C=O) groups excluding carboxylic acids is 1. The zero-order valence-electron chi connectivity index (χ0n) is 12.9. The number of nitrogens with one attached hydrogen (secondary N) is 1. The van der Waals surface area contributed by atoms with Crippen LogP contribution in [0.4, 0.5) is 0 Å². The molecule has 0 amide bonds. The summed E-state index contributed by atoms with van der Waals surface area (Å²) < 4.78 is 10.2. The van der Waals surface area contributed by atoms with E-state index in [1.807, 2.05) is 7.05 Å². The van der Waals surface area contributed by atoms with E-state index in [4.69, 9.17) is 9.47 Å². The molecule has 0 aromatic rings. The molecule has 0 aliphatic heterocycles. The Hall–Kier alpha value is -0.650. The van der Waals surface area contributed by atoms with Crippen molar-refractivity contribution in [1.82, 2.24) is 10.2 Å². The van der Waals surface area contributed by atoms with Gasteiger partial charge in [0.2, 0.25) is 0 Å². The Labute approximate surface area is 116 Å². The number of hydrogen-bond acceptors (Lipinski definition) is 5. The van der Waals surface area contributed by atoms with Gasteiger partial charge in [-0.1, -0.05) is 0 Å². The van der Waals surface area contributed by atoms with E-state index < -0.39 is 5.54 Å². The molecule has 0 spiro atoms. The fourth-order valence-electron chi connectivity index (χ4n) is 3.02. The number of hydrogen-bond donors (Lipinski definition) is 1. The smallest absolute Gasteiger partial charge is 0.326 e. The van der Waals surface area contributed by atoms with E-state index in [9.17, 15) is 4.79 Å². The van der Waals surface area contributed by atoms with Crippen LogP contribution in [-0.4, -0.2) is 63.4 Å². The van der Waals surface area contributed by atoms with E-state index in [0.29, 0.717) is 18.7 Å². The summed E-state index contributed by atoms with van der Waals surface area (Å²) in [6, 6.07) is 0.728. The Morgan fingerprint density at radius 1 is 1.53 bits per heavy atom. The minimum atomic E-state index is -0.529. The maximum atomic E-state index is 12.1. The van der Waals surface area contributed by atoms with Crippen molar-refractivity contribution < 1.29 is 14.3 Å². The Bertz CT molecular complexity index is 298. The fourth-order valence-corrected chi connectivity index (χ4v) is 3.02. The van der Waals surface area contributed by atoms with Gasteiger partial charge in [0.1, 0.15) is 5.54 Å². The van der Waals surface area contributed by atoms with Crippen LogP contribution in [0.3, 0.4) is 0 Å². The van der Waals surface area contributed by atoms with Gasteiger partial charge in [0.15, 0.2) is 0 Å². The Morgan fingerprint density at radius 2 is 2.21 bits per heavy atom. The molecule has 0 heterocycles. The van der Waals surface area contributed by atoms with Crippen molar-refractivity contribution in [2.45, 2.75) is 50.2 Å². The van der Waals surface area contributed by atoms with Crippen molar-refractivity contribution in [3.05, 3.63) is 0 Å². The molecule has 1 fully saturated rings. The van der Waals surface area contributed by atoms with E-state index in [-0.39, 0.29) is 5.97 Å². The summed E-state index contributed by atoms with van der Waals surface area (Å²) in [5.74, 6) is -0.146. The molecule has 1 N–H and O–H groups in total. The molecule has 19 heavy (non-hydrogen) atoms. The highest BCUT2D eigenvalue weighted by atomic mass is 16.5. The first-order valence-electron chi connectivity index (χ1n) is 6.99. The monoisotopic (exact) mass is 272 g/mol. The maximum absolute atomic E-state index is 12.1. The lowest BCUT2D eigenvalue weighted by molar-refractivity contribution is -0.151. The van der Waals surface area contributed by atoms with Crippen molar-refractivity contribution in [1.29, 1.82) is 0 Å². The van der Waals surface area contributed by atoms with Crippen molar-refractivity contribution >= 4 is 5.97 Å². The standard InChI is InChI=1S/C14H28N2O3/c1-11(10-18-4)16(3)12-7-6-8-14(9-12,15-2)13(17)19-5/h11-12,15H,6-10H2,1-5H3. The van der Waals surface area contributed by atoms with E-state index in [2.05, 4.69) is 24.2 Å². The second kappa shape index (κ2) is 7.22. The van der Waals surface area contributed by atoms with Crippen LogP contribution in [0.1, 0.15) is 32.6 Å². The third-order valence-corrected chi connectivity index (χ3v) is 4.46. The quantitative estimate of drug-likeness (QED) is 0.732. The third-order valence-electron chi connectivity index (χ3n) is 4.46. The number of rotatable bonds is 6. The lowest BCUT2D eigenvalue weighted by atomic mass is 9.78. The van der Waals surface area contributed by atoms with Crippen LogP contribution in [0.5, 0.6) is 0 Å². The molecule has 0 aromatic heterocycles. The average Bonchev–Trinajstić information content (AvgIpc) is 2.45. The number of methoxy groups -OCH3 is 2. The van der Waals surface area contributed by atoms with Crippen LogP contribution in [0.15, 0.2) is 0 Å². The van der Waals surface area contributed by atoms with Gasteiger partial charge in [0.05, 0.1) is 13.7 Å². The summed E-state index contributed by atoms with van der Waals surface area (Å²) in [6.45, 7) is 2.86. The first kappa shape index (κ1) is 16.4. The molecule has 5 heteroatoms. The van der Waals surface area contributed by atoms with E-state index in [1.165, 1.54) is 7.11 Å². The largest absolute Gasteiger partial charge is 0.468 e. The molecule has 1 saturated carbocycles. The Morgan fingerprint density at radius 3 is 2.74 bits per heavy atom. The summed E-state index contributed by atoms with van der Waals surface area (Å²) in [5.41, 5.74) is -0.529. The fraction of sp³-hybridized carbons (Fsp3) is 0.929. The van der Waals surface area contributed by atoms with Crippen LogP contribution in [-0.2, 0) is 14.3 Å². The molecule has 3 atom stereocenters. The molecule has 3 unspecified atom stereocenters. The minimum absolute atomic E-state index is 0.146. The number of ether oxygens (including phenoxy) is 2. The van der Waals surface area contributed by atoms with Crippen LogP contribution < -0.4 is 5.32 Å². The number of likely N-dealkylation sites (N-methyl/N-ethyl adjacent to an activating group) is 2. The lowest BCUT2D eigenvalue weighted by Crippen LogP contribution is -2.58. The van der Waals surface area contributed by atoms with E-state index in [0.717, 1.165) is 25.7 Å². The third kappa shape index (κ3) is 3.68. The van der Waals surface area contributed by atoms with Gasteiger partial charge in [-0.05, 0) is 46.7 Å². The first-order valence-corrected chi connectivity index (χ1v) is 6.99. The van der Waals surface area contributed by atoms with Crippen LogP contribution in [0, 0.1) is 0 Å². The van der Waals surface area contributed by atoms with Crippen molar-refractivity contribution in [3.63, 3.8) is 0 Å². The van der Waals surface area contributed by atoms with Gasteiger partial charge >= 0.3 is 5.97 Å². The zero-order chi connectivity index (χ0) is 14.5. The average molecular weight is 272 g/mol. The highest BCUT2D eigenvalue weighted by molar-refractivity contribution is 5.81. The van der Waals surface area contributed by atoms with Gasteiger partial charge in [0.25, 0.3) is 0 Å². The molecule has 0 bridgehead atoms. The van der Waals surface area contributed by atoms with Gasteiger partial charge in [-0.15, -0.1) is 0 Å². The molecular weight excluding hydrogens is 244 g/mol. The summed E-state index contributed by atoms with van der Waals surface area (Å²) in [4.78, 5) is 14.4. The van der Waals surface area contributed by atoms with Gasteiger partial charge in [-0.25, -0.2) is 0 Å². The van der Waals surface area contributed by atoms with Crippen LogP contribution in [0.25, 0.3) is 0 Å². The van der Waals surface area contributed by atoms with Crippen molar-refractivity contribution in [3.8, 4) is 0 Å². The van der Waals surface area contributed by atoms with Crippen molar-refractivity contribution in [2.24, 2.45) is 0 Å². The predicted octanol–water partition coefficient (Wildman–Crippen LogP) is 1.03. The number of carbonyl (C=O) groups is 1. The molecule has 5 nitrogen and oxygen atoms in total. The molecule has 1 aliphatic rings. The van der Waals surface area contributed by atoms with Gasteiger partial charge in [-0.3, -0.25) is 9.69 Å². The second-order valence-corrected chi connectivity index (χ2v) is 5.54. The lowest BCUT2D eigenvalue weighted by Gasteiger charge is -2.43. The van der Waals surface area contributed by atoms with Crippen molar-refractivity contribution in [2.75, 3.05) is 34.9 Å². The highest BCUT2D eigenvalue weighted by Crippen LogP contribution is 2.32. The zero-order valence-corrected chi connectivity index (χ0v) is 12.9. The molecule has 0 aromatic carbocycles. The summed E-state index contributed by atoms with van der Waals surface area (Å²) in [6.07, 6.45) is 3.79. The van der Waals surface area contributed by atoms with Crippen LogP contribution in [0.2, 0.25) is 0 Å². The molecule has 0 saturated heterocycles. The van der Waals surface area contributed by atoms with Gasteiger partial charge < -0.3 is 14.8 Å². The van der Waals surface area contributed by atoms with Gasteiger partial charge in [-0.2, -0.15) is 0 Å². The summed E-state index contributed by atoms with van der Waals surface area (Å²) in [5, 5.41) is 3.19. The number of esters is 1.